The van der Waals surface area contributed by atoms with Gasteiger partial charge in [0.2, 0.25) is 0 Å². The minimum Gasteiger partial charge on any atom is -0.404 e. The van der Waals surface area contributed by atoms with Gasteiger partial charge in [0, 0.05) is 17.1 Å². The molecule has 5 nitrogen and oxygen atoms in total. The summed E-state index contributed by atoms with van der Waals surface area (Å²) in [5, 5.41) is 4.53. The summed E-state index contributed by atoms with van der Waals surface area (Å²) < 4.78 is 39.9. The maximum atomic E-state index is 12.1. The van der Waals surface area contributed by atoms with Crippen molar-refractivity contribution in [3.63, 3.8) is 0 Å². The number of nitrogen functional groups attached to an aromatic ring is 1. The minimum absolute atomic E-state index is 0.104. The molecule has 1 heterocycles. The van der Waals surface area contributed by atoms with E-state index in [2.05, 4.69) is 15.0 Å². The molecule has 0 aliphatic rings. The van der Waals surface area contributed by atoms with Crippen LogP contribution in [0.15, 0.2) is 29.8 Å². The normalized spacial score (nSPS) is 11.2. The lowest BCUT2D eigenvalue weighted by atomic mass is 10.2. The van der Waals surface area contributed by atoms with Crippen LogP contribution in [0.5, 0.6) is 5.75 Å². The van der Waals surface area contributed by atoms with E-state index in [0.29, 0.717) is 5.13 Å². The maximum Gasteiger partial charge on any atom is 0.573 e. The van der Waals surface area contributed by atoms with Gasteiger partial charge in [0.05, 0.1) is 5.69 Å². The number of carbonyl (C=O) groups excluding carboxylic acids is 1. The SMILES string of the molecule is Nc1cc(C(=O)Nc2nccs2)ccc1OC(F)(F)F. The van der Waals surface area contributed by atoms with Gasteiger partial charge in [-0.25, -0.2) is 4.98 Å². The molecule has 106 valence electrons. The van der Waals surface area contributed by atoms with Crippen LogP contribution in [0.2, 0.25) is 0 Å². The van der Waals surface area contributed by atoms with Gasteiger partial charge >= 0.3 is 6.36 Å². The molecule has 1 amide bonds. The number of amides is 1. The quantitative estimate of drug-likeness (QED) is 0.855. The lowest BCUT2D eigenvalue weighted by Gasteiger charge is -2.11. The molecule has 0 saturated heterocycles. The van der Waals surface area contributed by atoms with Crippen molar-refractivity contribution in [1.29, 1.82) is 0 Å². The van der Waals surface area contributed by atoms with E-state index in [9.17, 15) is 18.0 Å². The van der Waals surface area contributed by atoms with Crippen molar-refractivity contribution < 1.29 is 22.7 Å². The second-order valence-corrected chi connectivity index (χ2v) is 4.49. The number of hydrogen-bond donors (Lipinski definition) is 2. The number of nitrogens with zero attached hydrogens (tertiary/aromatic N) is 1. The highest BCUT2D eigenvalue weighted by molar-refractivity contribution is 7.13. The van der Waals surface area contributed by atoms with E-state index < -0.39 is 18.0 Å². The van der Waals surface area contributed by atoms with Crippen LogP contribution < -0.4 is 15.8 Å². The molecule has 0 aliphatic carbocycles. The summed E-state index contributed by atoms with van der Waals surface area (Å²) in [7, 11) is 0. The van der Waals surface area contributed by atoms with E-state index in [0.717, 1.165) is 12.1 Å². The Morgan fingerprint density at radius 3 is 2.70 bits per heavy atom. The number of thiazole rings is 1. The Morgan fingerprint density at radius 2 is 2.15 bits per heavy atom. The fourth-order valence-corrected chi connectivity index (χ4v) is 1.89. The molecule has 0 saturated carbocycles. The van der Waals surface area contributed by atoms with E-state index in [4.69, 9.17) is 5.73 Å². The molecule has 1 aromatic carbocycles. The number of aromatic nitrogens is 1. The molecule has 0 bridgehead atoms. The Bertz CT molecular complexity index is 614. The molecule has 2 rings (SSSR count). The predicted octanol–water partition coefficient (Wildman–Crippen LogP) is 2.88. The standard InChI is InChI=1S/C11H8F3N3O2S/c12-11(13,14)19-8-2-1-6(5-7(8)15)9(18)17-10-16-3-4-20-10/h1-5H,15H2,(H,16,17,18). The zero-order chi connectivity index (χ0) is 14.8. The molecule has 20 heavy (non-hydrogen) atoms. The molecular weight excluding hydrogens is 295 g/mol. The zero-order valence-corrected chi connectivity index (χ0v) is 10.6. The third-order valence-electron chi connectivity index (χ3n) is 2.15. The lowest BCUT2D eigenvalue weighted by molar-refractivity contribution is -0.274. The van der Waals surface area contributed by atoms with Crippen molar-refractivity contribution in [3.05, 3.63) is 35.3 Å². The number of rotatable bonds is 3. The van der Waals surface area contributed by atoms with Gasteiger partial charge in [0.15, 0.2) is 10.9 Å². The highest BCUT2D eigenvalue weighted by Gasteiger charge is 2.32. The molecule has 1 aromatic heterocycles. The van der Waals surface area contributed by atoms with E-state index in [1.807, 2.05) is 0 Å². The Hall–Kier alpha value is -2.29. The molecule has 9 heteroatoms. The van der Waals surface area contributed by atoms with Crippen molar-refractivity contribution in [2.24, 2.45) is 0 Å². The Labute approximate surface area is 115 Å². The van der Waals surface area contributed by atoms with Crippen LogP contribution in [0.4, 0.5) is 24.0 Å². The first-order valence-electron chi connectivity index (χ1n) is 5.21. The van der Waals surface area contributed by atoms with E-state index in [1.54, 1.807) is 5.38 Å². The van der Waals surface area contributed by atoms with Crippen molar-refractivity contribution in [2.75, 3.05) is 11.1 Å². The monoisotopic (exact) mass is 303 g/mol. The zero-order valence-electron chi connectivity index (χ0n) is 9.77. The third kappa shape index (κ3) is 3.60. The summed E-state index contributed by atoms with van der Waals surface area (Å²) in [5.41, 5.74) is 5.24. The van der Waals surface area contributed by atoms with Gasteiger partial charge in [-0.1, -0.05) is 0 Å². The summed E-state index contributed by atoms with van der Waals surface area (Å²) >= 11 is 1.21. The van der Waals surface area contributed by atoms with Crippen LogP contribution in [0.1, 0.15) is 10.4 Å². The second kappa shape index (κ2) is 5.37. The summed E-state index contributed by atoms with van der Waals surface area (Å²) in [6.45, 7) is 0. The summed E-state index contributed by atoms with van der Waals surface area (Å²) in [4.78, 5) is 15.6. The van der Waals surface area contributed by atoms with Crippen LogP contribution in [-0.2, 0) is 0 Å². The highest BCUT2D eigenvalue weighted by atomic mass is 32.1. The summed E-state index contributed by atoms with van der Waals surface area (Å²) in [6.07, 6.45) is -3.33. The Morgan fingerprint density at radius 1 is 1.40 bits per heavy atom. The highest BCUT2D eigenvalue weighted by Crippen LogP contribution is 2.29. The molecule has 0 atom stereocenters. The molecule has 0 spiro atoms. The first kappa shape index (κ1) is 14.1. The number of halogens is 3. The topological polar surface area (TPSA) is 77.2 Å². The molecule has 0 unspecified atom stereocenters. The number of anilines is 2. The van der Waals surface area contributed by atoms with Crippen LogP contribution in [0.3, 0.4) is 0 Å². The average Bonchev–Trinajstić information content (AvgIpc) is 2.83. The van der Waals surface area contributed by atoms with Crippen molar-refractivity contribution in [1.82, 2.24) is 4.98 Å². The third-order valence-corrected chi connectivity index (χ3v) is 2.84. The van der Waals surface area contributed by atoms with Crippen LogP contribution >= 0.6 is 11.3 Å². The number of nitrogens with one attached hydrogen (secondary N) is 1. The van der Waals surface area contributed by atoms with Crippen LogP contribution in [0, 0.1) is 0 Å². The van der Waals surface area contributed by atoms with Gasteiger partial charge < -0.3 is 10.5 Å². The molecule has 2 aromatic rings. The molecule has 0 fully saturated rings. The second-order valence-electron chi connectivity index (χ2n) is 3.59. The number of benzene rings is 1. The van der Waals surface area contributed by atoms with Crippen LogP contribution in [0.25, 0.3) is 0 Å². The van der Waals surface area contributed by atoms with Crippen molar-refractivity contribution in [3.8, 4) is 5.75 Å². The summed E-state index contributed by atoms with van der Waals surface area (Å²) in [6, 6.07) is 3.27. The van der Waals surface area contributed by atoms with Gasteiger partial charge in [-0.3, -0.25) is 10.1 Å². The Kier molecular flexibility index (Phi) is 3.79. The number of hydrogen-bond acceptors (Lipinski definition) is 5. The van der Waals surface area contributed by atoms with E-state index >= 15 is 0 Å². The van der Waals surface area contributed by atoms with Gasteiger partial charge in [-0.15, -0.1) is 24.5 Å². The first-order chi connectivity index (χ1) is 9.35. The van der Waals surface area contributed by atoms with Gasteiger partial charge in [0.25, 0.3) is 5.91 Å². The molecule has 3 N–H and O–H groups in total. The number of ether oxygens (including phenoxy) is 1. The minimum atomic E-state index is -4.83. The number of nitrogens with two attached hydrogens (primary N) is 1. The van der Waals surface area contributed by atoms with Gasteiger partial charge in [-0.2, -0.15) is 0 Å². The maximum absolute atomic E-state index is 12.1. The van der Waals surface area contributed by atoms with Crippen molar-refractivity contribution >= 4 is 28.1 Å². The van der Waals surface area contributed by atoms with Crippen LogP contribution in [-0.4, -0.2) is 17.3 Å². The van der Waals surface area contributed by atoms with Crippen molar-refractivity contribution in [2.45, 2.75) is 6.36 Å². The molecule has 0 aliphatic heterocycles. The molecule has 0 radical (unpaired) electrons. The summed E-state index contributed by atoms with van der Waals surface area (Å²) in [5.74, 6) is -1.08. The Balaban J connectivity index is 2.14. The molecular formula is C11H8F3N3O2S. The van der Waals surface area contributed by atoms with Gasteiger partial charge in [0.1, 0.15) is 0 Å². The first-order valence-corrected chi connectivity index (χ1v) is 6.09. The largest absolute Gasteiger partial charge is 0.573 e. The van der Waals surface area contributed by atoms with Gasteiger partial charge in [-0.05, 0) is 18.2 Å². The van der Waals surface area contributed by atoms with E-state index in [1.165, 1.54) is 23.6 Å². The smallest absolute Gasteiger partial charge is 0.404 e. The van der Waals surface area contributed by atoms with E-state index in [-0.39, 0.29) is 11.3 Å². The average molecular weight is 303 g/mol. The number of carbonyl (C=O) groups is 1. The predicted molar refractivity (Wildman–Crippen MR) is 67.6 cm³/mol. The lowest BCUT2D eigenvalue weighted by Crippen LogP contribution is -2.18. The fraction of sp³-hybridized carbons (Fsp3) is 0.0909. The number of alkyl halides is 3. The fourth-order valence-electron chi connectivity index (χ4n) is 1.36.